The maximum Gasteiger partial charge on any atom is 0.233 e. The van der Waals surface area contributed by atoms with Gasteiger partial charge in [-0.15, -0.1) is 10.2 Å². The molecule has 1 aromatic heterocycles. The van der Waals surface area contributed by atoms with E-state index in [1.165, 1.54) is 35.7 Å². The molecule has 2 aliphatic rings. The first-order valence-corrected chi connectivity index (χ1v) is 11.7. The Morgan fingerprint density at radius 1 is 1.17 bits per heavy atom. The molecule has 1 amide bonds. The number of carbonyl (C=O) groups excluding carboxylic acids is 1. The number of hydrogen-bond acceptors (Lipinski definition) is 4. The maximum absolute atomic E-state index is 12.6. The number of aromatic nitrogens is 3. The van der Waals surface area contributed by atoms with Crippen molar-refractivity contribution in [3.63, 3.8) is 0 Å². The SMILES string of the molecule is CC(C)c1ccc(C[NH+]2CCN(C(=O)CSc3nnc(C4CC4)n3C)CC2)cc1. The second-order valence-electron chi connectivity index (χ2n) is 8.67. The van der Waals surface area contributed by atoms with Crippen molar-refractivity contribution in [1.29, 1.82) is 0 Å². The third-order valence-electron chi connectivity index (χ3n) is 6.06. The lowest BCUT2D eigenvalue weighted by Crippen LogP contribution is -3.13. The molecule has 1 saturated carbocycles. The largest absolute Gasteiger partial charge is 0.331 e. The van der Waals surface area contributed by atoms with E-state index >= 15 is 0 Å². The van der Waals surface area contributed by atoms with E-state index in [0.29, 0.717) is 17.6 Å². The normalized spacial score (nSPS) is 17.9. The summed E-state index contributed by atoms with van der Waals surface area (Å²) < 4.78 is 2.06. The number of carbonyl (C=O) groups is 1. The lowest BCUT2D eigenvalue weighted by atomic mass is 10.0. The van der Waals surface area contributed by atoms with Crippen molar-refractivity contribution in [2.75, 3.05) is 31.9 Å². The summed E-state index contributed by atoms with van der Waals surface area (Å²) in [6, 6.07) is 9.01. The van der Waals surface area contributed by atoms with Crippen LogP contribution in [0.4, 0.5) is 0 Å². The van der Waals surface area contributed by atoms with Crippen molar-refractivity contribution in [2.45, 2.75) is 50.2 Å². The van der Waals surface area contributed by atoms with Crippen LogP contribution in [0, 0.1) is 0 Å². The minimum atomic E-state index is 0.214. The van der Waals surface area contributed by atoms with Crippen LogP contribution in [0.2, 0.25) is 0 Å². The fourth-order valence-electron chi connectivity index (χ4n) is 3.92. The Balaban J connectivity index is 1.22. The van der Waals surface area contributed by atoms with Crippen LogP contribution >= 0.6 is 11.8 Å². The van der Waals surface area contributed by atoms with Crippen LogP contribution in [0.15, 0.2) is 29.4 Å². The molecule has 1 aromatic carbocycles. The fourth-order valence-corrected chi connectivity index (χ4v) is 4.75. The van der Waals surface area contributed by atoms with E-state index in [2.05, 4.69) is 52.9 Å². The number of quaternary nitrogens is 1. The summed E-state index contributed by atoms with van der Waals surface area (Å²) >= 11 is 1.51. The Bertz CT molecular complexity index is 835. The molecule has 4 rings (SSSR count). The standard InChI is InChI=1S/C22H31N5OS/c1-16(2)18-6-4-17(5-7-18)14-26-10-12-27(13-11-26)20(28)15-29-22-24-23-21(25(22)3)19-8-9-19/h4-7,16,19H,8-15H2,1-3H3/p+1. The van der Waals surface area contributed by atoms with Gasteiger partial charge in [0, 0.05) is 18.5 Å². The molecule has 2 aromatic rings. The number of rotatable bonds is 7. The molecule has 1 saturated heterocycles. The average Bonchev–Trinajstić information content (AvgIpc) is 3.50. The predicted octanol–water partition coefficient (Wildman–Crippen LogP) is 1.84. The van der Waals surface area contributed by atoms with E-state index < -0.39 is 0 Å². The highest BCUT2D eigenvalue weighted by molar-refractivity contribution is 7.99. The third kappa shape index (κ3) is 5.01. The lowest BCUT2D eigenvalue weighted by molar-refractivity contribution is -0.917. The van der Waals surface area contributed by atoms with Crippen molar-refractivity contribution >= 4 is 17.7 Å². The smallest absolute Gasteiger partial charge is 0.233 e. The van der Waals surface area contributed by atoms with E-state index in [4.69, 9.17) is 0 Å². The van der Waals surface area contributed by atoms with Crippen molar-refractivity contribution < 1.29 is 9.69 Å². The minimum absolute atomic E-state index is 0.214. The topological polar surface area (TPSA) is 55.5 Å². The number of nitrogens with zero attached hydrogens (tertiary/aromatic N) is 4. The van der Waals surface area contributed by atoms with Crippen molar-refractivity contribution in [3.8, 4) is 0 Å². The van der Waals surface area contributed by atoms with E-state index in [1.807, 2.05) is 11.9 Å². The Labute approximate surface area is 177 Å². The Hall–Kier alpha value is -1.86. The molecule has 0 radical (unpaired) electrons. The zero-order chi connectivity index (χ0) is 20.4. The van der Waals surface area contributed by atoms with Gasteiger partial charge in [-0.1, -0.05) is 49.9 Å². The molecular weight excluding hydrogens is 382 g/mol. The van der Waals surface area contributed by atoms with Crippen LogP contribution in [-0.4, -0.2) is 57.5 Å². The van der Waals surface area contributed by atoms with Crippen LogP contribution in [-0.2, 0) is 18.4 Å². The molecular formula is C22H32N5OS+. The van der Waals surface area contributed by atoms with E-state index in [-0.39, 0.29) is 5.91 Å². The molecule has 1 aliphatic heterocycles. The summed E-state index contributed by atoms with van der Waals surface area (Å²) in [7, 11) is 2.01. The third-order valence-corrected chi connectivity index (χ3v) is 7.06. The quantitative estimate of drug-likeness (QED) is 0.703. The van der Waals surface area contributed by atoms with E-state index in [9.17, 15) is 4.79 Å². The van der Waals surface area contributed by atoms with Gasteiger partial charge in [-0.3, -0.25) is 4.79 Å². The van der Waals surface area contributed by atoms with Crippen molar-refractivity contribution in [2.24, 2.45) is 7.05 Å². The van der Waals surface area contributed by atoms with Gasteiger partial charge in [0.15, 0.2) is 5.16 Å². The highest BCUT2D eigenvalue weighted by Crippen LogP contribution is 2.39. The van der Waals surface area contributed by atoms with Gasteiger partial charge in [-0.25, -0.2) is 0 Å². The second kappa shape index (κ2) is 8.88. The number of piperazine rings is 1. The monoisotopic (exact) mass is 414 g/mol. The first-order chi connectivity index (χ1) is 14.0. The molecule has 1 aliphatic carbocycles. The molecule has 2 fully saturated rings. The van der Waals surface area contributed by atoms with Crippen molar-refractivity contribution in [3.05, 3.63) is 41.2 Å². The number of hydrogen-bond donors (Lipinski definition) is 1. The van der Waals surface area contributed by atoms with Crippen molar-refractivity contribution in [1.82, 2.24) is 19.7 Å². The van der Waals surface area contributed by atoms with Gasteiger partial charge in [-0.2, -0.15) is 0 Å². The predicted molar refractivity (Wildman–Crippen MR) is 115 cm³/mol. The van der Waals surface area contributed by atoms with E-state index in [0.717, 1.165) is 43.7 Å². The van der Waals surface area contributed by atoms with Crippen LogP contribution in [0.3, 0.4) is 0 Å². The summed E-state index contributed by atoms with van der Waals surface area (Å²) in [5.74, 6) is 2.88. The summed E-state index contributed by atoms with van der Waals surface area (Å²) in [5.41, 5.74) is 2.78. The first-order valence-electron chi connectivity index (χ1n) is 10.7. The Morgan fingerprint density at radius 2 is 1.86 bits per heavy atom. The van der Waals surface area contributed by atoms with Crippen LogP contribution in [0.5, 0.6) is 0 Å². The maximum atomic E-state index is 12.6. The summed E-state index contributed by atoms with van der Waals surface area (Å²) in [6.45, 7) is 9.19. The van der Waals surface area contributed by atoms with E-state index in [1.54, 1.807) is 4.90 Å². The molecule has 7 heteroatoms. The molecule has 0 bridgehead atoms. The van der Waals surface area contributed by atoms with Gasteiger partial charge >= 0.3 is 0 Å². The molecule has 0 unspecified atom stereocenters. The highest BCUT2D eigenvalue weighted by atomic mass is 32.2. The van der Waals surface area contributed by atoms with Gasteiger partial charge in [0.25, 0.3) is 0 Å². The molecule has 156 valence electrons. The van der Waals surface area contributed by atoms with Crippen LogP contribution in [0.1, 0.15) is 55.5 Å². The van der Waals surface area contributed by atoms with Crippen LogP contribution in [0.25, 0.3) is 0 Å². The molecule has 1 N–H and O–H groups in total. The van der Waals surface area contributed by atoms with Gasteiger partial charge in [0.1, 0.15) is 12.4 Å². The fraction of sp³-hybridized carbons (Fsp3) is 0.591. The molecule has 0 spiro atoms. The number of benzene rings is 1. The second-order valence-corrected chi connectivity index (χ2v) is 9.61. The molecule has 29 heavy (non-hydrogen) atoms. The Morgan fingerprint density at radius 3 is 2.48 bits per heavy atom. The van der Waals surface area contributed by atoms with Gasteiger partial charge in [0.05, 0.1) is 31.9 Å². The molecule has 6 nitrogen and oxygen atoms in total. The molecule has 0 atom stereocenters. The first kappa shape index (κ1) is 20.4. The minimum Gasteiger partial charge on any atom is -0.331 e. The van der Waals surface area contributed by atoms with Gasteiger partial charge < -0.3 is 14.4 Å². The number of amides is 1. The zero-order valence-electron chi connectivity index (χ0n) is 17.7. The van der Waals surface area contributed by atoms with Gasteiger partial charge in [0.2, 0.25) is 5.91 Å². The summed E-state index contributed by atoms with van der Waals surface area (Å²) in [5, 5.41) is 9.42. The lowest BCUT2D eigenvalue weighted by Gasteiger charge is -2.32. The van der Waals surface area contributed by atoms with Crippen LogP contribution < -0.4 is 4.90 Å². The van der Waals surface area contributed by atoms with Gasteiger partial charge in [-0.05, 0) is 24.3 Å². The number of nitrogens with one attached hydrogen (secondary N) is 1. The zero-order valence-corrected chi connectivity index (χ0v) is 18.5. The highest BCUT2D eigenvalue weighted by Gasteiger charge is 2.30. The Kier molecular flexibility index (Phi) is 6.25. The summed E-state index contributed by atoms with van der Waals surface area (Å²) in [4.78, 5) is 16.2. The number of thioether (sulfide) groups is 1. The average molecular weight is 415 g/mol. The molecule has 2 heterocycles. The summed E-state index contributed by atoms with van der Waals surface area (Å²) in [6.07, 6.45) is 2.42.